The van der Waals surface area contributed by atoms with Gasteiger partial charge in [0.05, 0.1) is 5.69 Å². The largest absolute Gasteiger partial charge is 0.321 e. The summed E-state index contributed by atoms with van der Waals surface area (Å²) < 4.78 is 15.9. The molecule has 0 aliphatic heterocycles. The van der Waals surface area contributed by atoms with Crippen molar-refractivity contribution >= 4 is 27.5 Å². The summed E-state index contributed by atoms with van der Waals surface area (Å²) in [6.07, 6.45) is 2.69. The van der Waals surface area contributed by atoms with Crippen LogP contribution in [0.15, 0.2) is 53.0 Å². The summed E-state index contributed by atoms with van der Waals surface area (Å²) in [6, 6.07) is 13.6. The van der Waals surface area contributed by atoms with Crippen LogP contribution < -0.4 is 5.32 Å². The van der Waals surface area contributed by atoms with Gasteiger partial charge in [-0.15, -0.1) is 0 Å². The van der Waals surface area contributed by atoms with Crippen LogP contribution >= 0.6 is 15.9 Å². The van der Waals surface area contributed by atoms with Crippen molar-refractivity contribution in [3.05, 3.63) is 75.8 Å². The molecule has 25 heavy (non-hydrogen) atoms. The summed E-state index contributed by atoms with van der Waals surface area (Å²) in [5.74, 6) is -0.512. The fourth-order valence-electron chi connectivity index (χ4n) is 3.14. The predicted molar refractivity (Wildman–Crippen MR) is 97.6 cm³/mol. The van der Waals surface area contributed by atoms with E-state index < -0.39 is 0 Å². The van der Waals surface area contributed by atoms with Crippen LogP contribution in [0.3, 0.4) is 0 Å². The zero-order valence-corrected chi connectivity index (χ0v) is 14.9. The zero-order chi connectivity index (χ0) is 17.4. The minimum Gasteiger partial charge on any atom is -0.321 e. The van der Waals surface area contributed by atoms with E-state index in [1.54, 1.807) is 16.8 Å². The first-order chi connectivity index (χ1) is 12.1. The molecule has 0 fully saturated rings. The van der Waals surface area contributed by atoms with Gasteiger partial charge in [0.2, 0.25) is 0 Å². The van der Waals surface area contributed by atoms with Crippen LogP contribution in [0.4, 0.5) is 10.1 Å². The van der Waals surface area contributed by atoms with E-state index in [-0.39, 0.29) is 11.7 Å². The molecule has 6 heteroatoms. The van der Waals surface area contributed by atoms with Gasteiger partial charge in [-0.3, -0.25) is 4.79 Å². The Labute approximate surface area is 152 Å². The van der Waals surface area contributed by atoms with Crippen LogP contribution in [0.1, 0.15) is 28.2 Å². The van der Waals surface area contributed by atoms with Crippen LogP contribution in [-0.2, 0) is 12.8 Å². The molecule has 0 saturated carbocycles. The first-order valence-corrected chi connectivity index (χ1v) is 8.85. The number of anilines is 1. The standard InChI is InChI=1S/C19H15BrFN3O/c20-12-4-8-14(9-5-12)22-19(25)18-16-2-1-3-17(16)24(23-18)15-10-6-13(21)7-11-15/h4-11H,1-3H2,(H,22,25). The molecule has 1 aliphatic rings. The monoisotopic (exact) mass is 399 g/mol. The van der Waals surface area contributed by atoms with Gasteiger partial charge in [0.1, 0.15) is 5.82 Å². The van der Waals surface area contributed by atoms with E-state index in [9.17, 15) is 9.18 Å². The highest BCUT2D eigenvalue weighted by Crippen LogP contribution is 2.28. The van der Waals surface area contributed by atoms with Gasteiger partial charge in [0.15, 0.2) is 5.69 Å². The molecule has 126 valence electrons. The van der Waals surface area contributed by atoms with Crippen molar-refractivity contribution in [2.45, 2.75) is 19.3 Å². The molecule has 0 spiro atoms. The molecule has 1 aromatic heterocycles. The maximum atomic E-state index is 13.2. The minimum absolute atomic E-state index is 0.221. The van der Waals surface area contributed by atoms with E-state index in [1.807, 2.05) is 24.3 Å². The van der Waals surface area contributed by atoms with Crippen molar-refractivity contribution in [3.63, 3.8) is 0 Å². The van der Waals surface area contributed by atoms with Gasteiger partial charge >= 0.3 is 0 Å². The second-order valence-corrected chi connectivity index (χ2v) is 6.89. The number of rotatable bonds is 3. The van der Waals surface area contributed by atoms with Crippen molar-refractivity contribution in [1.29, 1.82) is 0 Å². The molecule has 1 N–H and O–H groups in total. The highest BCUT2D eigenvalue weighted by atomic mass is 79.9. The lowest BCUT2D eigenvalue weighted by atomic mass is 10.2. The molecule has 1 aliphatic carbocycles. The van der Waals surface area contributed by atoms with E-state index in [2.05, 4.69) is 26.3 Å². The van der Waals surface area contributed by atoms with Crippen molar-refractivity contribution in [2.75, 3.05) is 5.32 Å². The molecular formula is C19H15BrFN3O. The van der Waals surface area contributed by atoms with Crippen LogP contribution in [-0.4, -0.2) is 15.7 Å². The Morgan fingerprint density at radius 2 is 1.80 bits per heavy atom. The molecular weight excluding hydrogens is 385 g/mol. The lowest BCUT2D eigenvalue weighted by Crippen LogP contribution is -2.14. The number of hydrogen-bond donors (Lipinski definition) is 1. The van der Waals surface area contributed by atoms with E-state index in [0.717, 1.165) is 46.4 Å². The smallest absolute Gasteiger partial charge is 0.276 e. The maximum Gasteiger partial charge on any atom is 0.276 e. The number of benzene rings is 2. The Hall–Kier alpha value is -2.47. The number of carbonyl (C=O) groups is 1. The molecule has 2 aromatic carbocycles. The molecule has 0 bridgehead atoms. The van der Waals surface area contributed by atoms with E-state index in [1.165, 1.54) is 12.1 Å². The highest BCUT2D eigenvalue weighted by molar-refractivity contribution is 9.10. The molecule has 0 saturated heterocycles. The topological polar surface area (TPSA) is 46.9 Å². The lowest BCUT2D eigenvalue weighted by Gasteiger charge is -2.05. The molecule has 4 rings (SSSR count). The van der Waals surface area contributed by atoms with Crippen molar-refractivity contribution in [2.24, 2.45) is 0 Å². The lowest BCUT2D eigenvalue weighted by molar-refractivity contribution is 0.102. The summed E-state index contributed by atoms with van der Waals surface area (Å²) in [5.41, 5.74) is 3.95. The average molecular weight is 400 g/mol. The fourth-order valence-corrected chi connectivity index (χ4v) is 3.40. The predicted octanol–water partition coefficient (Wildman–Crippen LogP) is 4.51. The van der Waals surface area contributed by atoms with E-state index in [4.69, 9.17) is 0 Å². The quantitative estimate of drug-likeness (QED) is 0.703. The fraction of sp³-hybridized carbons (Fsp3) is 0.158. The Balaban J connectivity index is 1.68. The average Bonchev–Trinajstić information content (AvgIpc) is 3.20. The van der Waals surface area contributed by atoms with Gasteiger partial charge in [-0.05, 0) is 67.8 Å². The summed E-state index contributed by atoms with van der Waals surface area (Å²) in [4.78, 5) is 12.7. The summed E-state index contributed by atoms with van der Waals surface area (Å²) in [7, 11) is 0. The molecule has 0 unspecified atom stereocenters. The van der Waals surface area contributed by atoms with Gasteiger partial charge in [0.25, 0.3) is 5.91 Å². The van der Waals surface area contributed by atoms with Crippen LogP contribution in [0.25, 0.3) is 5.69 Å². The Morgan fingerprint density at radius 3 is 2.52 bits per heavy atom. The van der Waals surface area contributed by atoms with Crippen LogP contribution in [0.5, 0.6) is 0 Å². The molecule has 3 aromatic rings. The number of fused-ring (bicyclic) bond motifs is 1. The number of aromatic nitrogens is 2. The molecule has 1 amide bonds. The number of carbonyl (C=O) groups excluding carboxylic acids is 1. The van der Waals surface area contributed by atoms with E-state index in [0.29, 0.717) is 5.69 Å². The van der Waals surface area contributed by atoms with Crippen LogP contribution in [0, 0.1) is 5.82 Å². The second kappa shape index (κ2) is 6.44. The SMILES string of the molecule is O=C(Nc1ccc(Br)cc1)c1nn(-c2ccc(F)cc2)c2c1CCC2. The minimum atomic E-state index is -0.291. The molecule has 4 nitrogen and oxygen atoms in total. The number of halogens is 2. The van der Waals surface area contributed by atoms with Gasteiger partial charge in [-0.2, -0.15) is 5.10 Å². The number of nitrogens with zero attached hydrogens (tertiary/aromatic N) is 2. The van der Waals surface area contributed by atoms with Crippen LogP contribution in [0.2, 0.25) is 0 Å². The Kier molecular flexibility index (Phi) is 4.13. The first-order valence-electron chi connectivity index (χ1n) is 8.05. The van der Waals surface area contributed by atoms with Crippen molar-refractivity contribution in [1.82, 2.24) is 9.78 Å². The maximum absolute atomic E-state index is 13.2. The molecule has 0 radical (unpaired) electrons. The van der Waals surface area contributed by atoms with Crippen molar-refractivity contribution < 1.29 is 9.18 Å². The second-order valence-electron chi connectivity index (χ2n) is 5.98. The summed E-state index contributed by atoms with van der Waals surface area (Å²) >= 11 is 3.38. The number of hydrogen-bond acceptors (Lipinski definition) is 2. The molecule has 0 atom stereocenters. The zero-order valence-electron chi connectivity index (χ0n) is 13.3. The third-order valence-electron chi connectivity index (χ3n) is 4.32. The first kappa shape index (κ1) is 16.0. The number of nitrogens with one attached hydrogen (secondary N) is 1. The Bertz CT molecular complexity index is 933. The Morgan fingerprint density at radius 1 is 1.08 bits per heavy atom. The van der Waals surface area contributed by atoms with Crippen molar-refractivity contribution in [3.8, 4) is 5.69 Å². The molecule has 1 heterocycles. The van der Waals surface area contributed by atoms with Gasteiger partial charge in [-0.1, -0.05) is 15.9 Å². The van der Waals surface area contributed by atoms with Gasteiger partial charge in [-0.25, -0.2) is 9.07 Å². The van der Waals surface area contributed by atoms with Gasteiger partial charge < -0.3 is 5.32 Å². The highest BCUT2D eigenvalue weighted by Gasteiger charge is 2.27. The summed E-state index contributed by atoms with van der Waals surface area (Å²) in [5, 5.41) is 7.41. The van der Waals surface area contributed by atoms with E-state index >= 15 is 0 Å². The number of amides is 1. The third-order valence-corrected chi connectivity index (χ3v) is 4.85. The third kappa shape index (κ3) is 3.09. The van der Waals surface area contributed by atoms with Gasteiger partial charge in [0, 0.05) is 21.4 Å². The summed E-state index contributed by atoms with van der Waals surface area (Å²) in [6.45, 7) is 0. The normalized spacial score (nSPS) is 12.9.